The first-order valence-corrected chi connectivity index (χ1v) is 7.99. The molecule has 0 radical (unpaired) electrons. The fraction of sp³-hybridized carbons (Fsp3) is 0.0952. The molecule has 3 rings (SSSR count). The van der Waals surface area contributed by atoms with Gasteiger partial charge in [-0.1, -0.05) is 66.7 Å². The van der Waals surface area contributed by atoms with Gasteiger partial charge in [-0.2, -0.15) is 0 Å². The quantitative estimate of drug-likeness (QED) is 0.523. The molecular formula is C21H20N2O. The van der Waals surface area contributed by atoms with Crippen LogP contribution < -0.4 is 10.9 Å². The van der Waals surface area contributed by atoms with E-state index in [1.165, 1.54) is 10.8 Å². The highest BCUT2D eigenvalue weighted by Gasteiger charge is 2.14. The Kier molecular flexibility index (Phi) is 5.04. The SMILES string of the molecule is C=CCC(NNC(=O)c1ccccc1)c1cccc2ccccc12. The molecule has 0 fully saturated rings. The molecule has 0 aliphatic carbocycles. The van der Waals surface area contributed by atoms with Crippen LogP contribution in [0.4, 0.5) is 0 Å². The van der Waals surface area contributed by atoms with E-state index in [9.17, 15) is 4.79 Å². The molecular weight excluding hydrogens is 296 g/mol. The van der Waals surface area contributed by atoms with Gasteiger partial charge in [-0.15, -0.1) is 6.58 Å². The van der Waals surface area contributed by atoms with Gasteiger partial charge in [-0.25, -0.2) is 5.43 Å². The number of fused-ring (bicyclic) bond motifs is 1. The number of amides is 1. The van der Waals surface area contributed by atoms with Crippen LogP contribution >= 0.6 is 0 Å². The van der Waals surface area contributed by atoms with E-state index < -0.39 is 0 Å². The smallest absolute Gasteiger partial charge is 0.265 e. The summed E-state index contributed by atoms with van der Waals surface area (Å²) in [6.45, 7) is 3.84. The van der Waals surface area contributed by atoms with E-state index >= 15 is 0 Å². The van der Waals surface area contributed by atoms with E-state index in [1.807, 2.05) is 42.5 Å². The molecule has 0 aliphatic heterocycles. The lowest BCUT2D eigenvalue weighted by atomic mass is 9.97. The van der Waals surface area contributed by atoms with Crippen molar-refractivity contribution < 1.29 is 4.79 Å². The van der Waals surface area contributed by atoms with E-state index in [2.05, 4.69) is 41.7 Å². The van der Waals surface area contributed by atoms with E-state index in [4.69, 9.17) is 0 Å². The van der Waals surface area contributed by atoms with Crippen molar-refractivity contribution in [3.8, 4) is 0 Å². The molecule has 0 heterocycles. The largest absolute Gasteiger partial charge is 0.287 e. The molecule has 2 N–H and O–H groups in total. The number of rotatable bonds is 6. The van der Waals surface area contributed by atoms with Crippen molar-refractivity contribution in [1.29, 1.82) is 0 Å². The molecule has 1 amide bonds. The number of carbonyl (C=O) groups excluding carboxylic acids is 1. The second-order valence-electron chi connectivity index (χ2n) is 5.61. The standard InChI is InChI=1S/C21H20N2O/c1-2-9-20(22-23-21(24)17-11-4-3-5-12-17)19-15-8-13-16-10-6-7-14-18(16)19/h2-8,10-15,20,22H,1,9H2,(H,23,24). The summed E-state index contributed by atoms with van der Waals surface area (Å²) in [6.07, 6.45) is 2.57. The maximum absolute atomic E-state index is 12.2. The Morgan fingerprint density at radius 2 is 1.67 bits per heavy atom. The van der Waals surface area contributed by atoms with E-state index in [0.717, 1.165) is 5.56 Å². The molecule has 0 saturated carbocycles. The summed E-state index contributed by atoms with van der Waals surface area (Å²) in [7, 11) is 0. The first kappa shape index (κ1) is 16.0. The normalized spacial score (nSPS) is 11.8. The fourth-order valence-electron chi connectivity index (χ4n) is 2.80. The number of hydrogen-bond acceptors (Lipinski definition) is 2. The Bertz CT molecular complexity index is 837. The van der Waals surface area contributed by atoms with Crippen LogP contribution in [0.3, 0.4) is 0 Å². The van der Waals surface area contributed by atoms with Crippen LogP contribution in [-0.2, 0) is 0 Å². The van der Waals surface area contributed by atoms with E-state index in [0.29, 0.717) is 12.0 Å². The third kappa shape index (κ3) is 3.53. The molecule has 0 aromatic heterocycles. The molecule has 120 valence electrons. The van der Waals surface area contributed by atoms with Gasteiger partial charge in [0.25, 0.3) is 5.91 Å². The average molecular weight is 316 g/mol. The molecule has 1 unspecified atom stereocenters. The van der Waals surface area contributed by atoms with Gasteiger partial charge in [0.15, 0.2) is 0 Å². The van der Waals surface area contributed by atoms with Crippen molar-refractivity contribution in [3.05, 3.63) is 96.6 Å². The van der Waals surface area contributed by atoms with Crippen molar-refractivity contribution in [3.63, 3.8) is 0 Å². The minimum absolute atomic E-state index is 0.0405. The third-order valence-electron chi connectivity index (χ3n) is 4.00. The number of hydrogen-bond donors (Lipinski definition) is 2. The van der Waals surface area contributed by atoms with Crippen LogP contribution in [0.5, 0.6) is 0 Å². The van der Waals surface area contributed by atoms with Crippen LogP contribution in [0.15, 0.2) is 85.5 Å². The summed E-state index contributed by atoms with van der Waals surface area (Å²) in [5.74, 6) is -0.148. The second-order valence-corrected chi connectivity index (χ2v) is 5.61. The summed E-state index contributed by atoms with van der Waals surface area (Å²) in [5.41, 5.74) is 7.73. The minimum Gasteiger partial charge on any atom is -0.287 e. The van der Waals surface area contributed by atoms with Crippen molar-refractivity contribution in [2.45, 2.75) is 12.5 Å². The number of hydrazine groups is 1. The molecule has 0 saturated heterocycles. The first-order valence-electron chi connectivity index (χ1n) is 7.99. The van der Waals surface area contributed by atoms with Gasteiger partial charge in [0.05, 0.1) is 6.04 Å². The summed E-state index contributed by atoms with van der Waals surface area (Å²) in [6, 6.07) is 23.6. The van der Waals surface area contributed by atoms with Gasteiger partial charge in [0, 0.05) is 5.56 Å². The maximum atomic E-state index is 12.2. The Balaban J connectivity index is 1.82. The molecule has 3 nitrogen and oxygen atoms in total. The summed E-state index contributed by atoms with van der Waals surface area (Å²) in [4.78, 5) is 12.2. The van der Waals surface area contributed by atoms with Crippen molar-refractivity contribution >= 4 is 16.7 Å². The van der Waals surface area contributed by atoms with Crippen LogP contribution in [0.25, 0.3) is 10.8 Å². The molecule has 0 aliphatic rings. The Labute approximate surface area is 142 Å². The topological polar surface area (TPSA) is 41.1 Å². The number of nitrogens with one attached hydrogen (secondary N) is 2. The Morgan fingerprint density at radius 3 is 2.46 bits per heavy atom. The van der Waals surface area contributed by atoms with Gasteiger partial charge in [-0.05, 0) is 34.9 Å². The predicted octanol–water partition coefficient (Wildman–Crippen LogP) is 4.39. The average Bonchev–Trinajstić information content (AvgIpc) is 2.65. The molecule has 0 bridgehead atoms. The molecule has 3 aromatic carbocycles. The van der Waals surface area contributed by atoms with E-state index in [-0.39, 0.29) is 11.9 Å². The molecule has 3 heteroatoms. The summed E-state index contributed by atoms with van der Waals surface area (Å²) >= 11 is 0. The van der Waals surface area contributed by atoms with Gasteiger partial charge >= 0.3 is 0 Å². The zero-order valence-electron chi connectivity index (χ0n) is 13.4. The molecule has 3 aromatic rings. The van der Waals surface area contributed by atoms with Crippen LogP contribution in [-0.4, -0.2) is 5.91 Å². The van der Waals surface area contributed by atoms with Crippen molar-refractivity contribution in [1.82, 2.24) is 10.9 Å². The minimum atomic E-state index is -0.148. The van der Waals surface area contributed by atoms with E-state index in [1.54, 1.807) is 12.1 Å². The van der Waals surface area contributed by atoms with Gasteiger partial charge in [-0.3, -0.25) is 10.2 Å². The summed E-state index contributed by atoms with van der Waals surface area (Å²) in [5, 5.41) is 2.36. The fourth-order valence-corrected chi connectivity index (χ4v) is 2.80. The highest BCUT2D eigenvalue weighted by molar-refractivity contribution is 5.93. The Hall–Kier alpha value is -2.91. The Morgan fingerprint density at radius 1 is 0.958 bits per heavy atom. The van der Waals surface area contributed by atoms with Gasteiger partial charge in [0.1, 0.15) is 0 Å². The first-order chi connectivity index (χ1) is 11.8. The molecule has 1 atom stereocenters. The lowest BCUT2D eigenvalue weighted by molar-refractivity contribution is 0.0925. The number of carbonyl (C=O) groups is 1. The predicted molar refractivity (Wildman–Crippen MR) is 98.5 cm³/mol. The zero-order chi connectivity index (χ0) is 16.8. The van der Waals surface area contributed by atoms with Crippen molar-refractivity contribution in [2.24, 2.45) is 0 Å². The van der Waals surface area contributed by atoms with Crippen molar-refractivity contribution in [2.75, 3.05) is 0 Å². The highest BCUT2D eigenvalue weighted by atomic mass is 16.2. The third-order valence-corrected chi connectivity index (χ3v) is 4.00. The van der Waals surface area contributed by atoms with Gasteiger partial charge < -0.3 is 0 Å². The van der Waals surface area contributed by atoms with Crippen LogP contribution in [0.1, 0.15) is 28.4 Å². The molecule has 24 heavy (non-hydrogen) atoms. The lowest BCUT2D eigenvalue weighted by Gasteiger charge is -2.20. The second kappa shape index (κ2) is 7.57. The zero-order valence-corrected chi connectivity index (χ0v) is 13.4. The number of benzene rings is 3. The van der Waals surface area contributed by atoms with Crippen LogP contribution in [0, 0.1) is 0 Å². The van der Waals surface area contributed by atoms with Gasteiger partial charge in [0.2, 0.25) is 0 Å². The monoisotopic (exact) mass is 316 g/mol. The maximum Gasteiger partial charge on any atom is 0.265 e. The lowest BCUT2D eigenvalue weighted by Crippen LogP contribution is -2.40. The summed E-state index contributed by atoms with van der Waals surface area (Å²) < 4.78 is 0. The highest BCUT2D eigenvalue weighted by Crippen LogP contribution is 2.26. The molecule has 0 spiro atoms. The van der Waals surface area contributed by atoms with Crippen LogP contribution in [0.2, 0.25) is 0 Å².